The molecule has 1 aliphatic rings. The first-order chi connectivity index (χ1) is 13.1. The highest BCUT2D eigenvalue weighted by Gasteiger charge is 2.19. The van der Waals surface area contributed by atoms with Crippen molar-refractivity contribution in [3.05, 3.63) is 58.8 Å². The topological polar surface area (TPSA) is 91.6 Å². The minimum absolute atomic E-state index is 0.0482. The van der Waals surface area contributed by atoms with Gasteiger partial charge in [0.25, 0.3) is 5.69 Å². The van der Waals surface area contributed by atoms with Crippen LogP contribution in [-0.4, -0.2) is 22.2 Å². The summed E-state index contributed by atoms with van der Waals surface area (Å²) in [5.41, 5.74) is -0.0482. The summed E-state index contributed by atoms with van der Waals surface area (Å²) in [4.78, 5) is 25.5. The quantitative estimate of drug-likeness (QED) is 0.179. The van der Waals surface area contributed by atoms with Crippen LogP contribution < -0.4 is 4.74 Å². The molecule has 0 spiro atoms. The van der Waals surface area contributed by atoms with Gasteiger partial charge in [-0.25, -0.2) is 9.78 Å². The van der Waals surface area contributed by atoms with Crippen LogP contribution in [-0.2, 0) is 4.74 Å². The van der Waals surface area contributed by atoms with Crippen molar-refractivity contribution in [1.82, 2.24) is 4.98 Å². The Labute approximate surface area is 166 Å². The average molecular weight is 409 g/mol. The number of aromatic nitrogens is 1. The van der Waals surface area contributed by atoms with Crippen molar-refractivity contribution >= 4 is 34.3 Å². The monoisotopic (exact) mass is 408 g/mol. The first-order valence-corrected chi connectivity index (χ1v) is 10.3. The molecular formula is C18H20N2O5S2. The lowest BCUT2D eigenvalue weighted by Crippen LogP contribution is -2.23. The number of hydrogen-bond acceptors (Lipinski definition) is 8. The number of nitro groups is 1. The zero-order valence-electron chi connectivity index (χ0n) is 14.5. The lowest BCUT2D eigenvalue weighted by Gasteiger charge is -2.21. The molecule has 1 aromatic carbocycles. The normalized spacial score (nSPS) is 13.8. The average Bonchev–Trinajstić information content (AvgIpc) is 2.70. The number of benzene rings is 1. The Bertz CT molecular complexity index is 722. The van der Waals surface area contributed by atoms with Crippen LogP contribution in [0.1, 0.15) is 32.1 Å². The van der Waals surface area contributed by atoms with Gasteiger partial charge in [-0.15, -0.1) is 11.7 Å². The molecule has 7 nitrogen and oxygen atoms in total. The van der Waals surface area contributed by atoms with E-state index in [0.29, 0.717) is 0 Å². The standard InChI is InChI=1S/C13H15NO5.C5H5NS2/c15-13(18-11-4-2-1-3-5-11)19-12-8-6-10(7-9-12)14(16)17;7-8-5-3-1-2-4-6-5/h6-9,11H,1-5H2;1-4,7H. The number of nitro benzene ring substituents is 1. The Hall–Kier alpha value is -2.26. The first kappa shape index (κ1) is 21.0. The van der Waals surface area contributed by atoms with Crippen molar-refractivity contribution < 1.29 is 19.2 Å². The minimum atomic E-state index is -0.749. The molecule has 0 atom stereocenters. The number of non-ortho nitro benzene ring substituents is 1. The third-order valence-corrected chi connectivity index (χ3v) is 4.78. The van der Waals surface area contributed by atoms with Gasteiger partial charge in [-0.3, -0.25) is 10.1 Å². The van der Waals surface area contributed by atoms with Crippen molar-refractivity contribution in [3.8, 4) is 5.75 Å². The van der Waals surface area contributed by atoms with Crippen molar-refractivity contribution in [2.24, 2.45) is 0 Å². The van der Waals surface area contributed by atoms with Gasteiger partial charge in [-0.2, -0.15) is 0 Å². The second kappa shape index (κ2) is 11.5. The fourth-order valence-corrected chi connectivity index (χ4v) is 3.05. The number of ether oxygens (including phenoxy) is 2. The van der Waals surface area contributed by atoms with Crippen molar-refractivity contribution in [3.63, 3.8) is 0 Å². The van der Waals surface area contributed by atoms with Gasteiger partial charge in [-0.05, 0) is 60.7 Å². The highest BCUT2D eigenvalue weighted by atomic mass is 33.1. The maximum absolute atomic E-state index is 11.5. The molecule has 0 aliphatic heterocycles. The lowest BCUT2D eigenvalue weighted by molar-refractivity contribution is -0.384. The molecule has 0 amide bonds. The molecule has 144 valence electrons. The number of hydrogen-bond donors (Lipinski definition) is 1. The van der Waals surface area contributed by atoms with E-state index in [4.69, 9.17) is 9.47 Å². The summed E-state index contributed by atoms with van der Waals surface area (Å²) in [5, 5.41) is 11.4. The Morgan fingerprint density at radius 2 is 1.85 bits per heavy atom. The fraction of sp³-hybridized carbons (Fsp3) is 0.333. The summed E-state index contributed by atoms with van der Waals surface area (Å²) < 4.78 is 10.1. The molecule has 0 unspecified atom stereocenters. The smallest absolute Gasteiger partial charge is 0.431 e. The van der Waals surface area contributed by atoms with E-state index < -0.39 is 11.1 Å². The van der Waals surface area contributed by atoms with Gasteiger partial charge >= 0.3 is 6.16 Å². The predicted octanol–water partition coefficient (Wildman–Crippen LogP) is 5.46. The number of nitrogens with zero attached hydrogens (tertiary/aromatic N) is 2. The van der Waals surface area contributed by atoms with Crippen LogP contribution in [0.15, 0.2) is 53.7 Å². The zero-order chi connectivity index (χ0) is 19.5. The summed E-state index contributed by atoms with van der Waals surface area (Å²) in [6, 6.07) is 11.0. The minimum Gasteiger partial charge on any atom is -0.431 e. The largest absolute Gasteiger partial charge is 0.514 e. The van der Waals surface area contributed by atoms with E-state index in [1.54, 1.807) is 6.20 Å². The van der Waals surface area contributed by atoms with Gasteiger partial charge in [0.05, 0.1) is 4.92 Å². The molecule has 1 heterocycles. The molecule has 1 aliphatic carbocycles. The number of carbonyl (C=O) groups excluding carboxylic acids is 1. The van der Waals surface area contributed by atoms with Gasteiger partial charge < -0.3 is 9.47 Å². The van der Waals surface area contributed by atoms with Gasteiger partial charge in [0, 0.05) is 18.3 Å². The van der Waals surface area contributed by atoms with Crippen molar-refractivity contribution in [2.75, 3.05) is 0 Å². The second-order valence-corrected chi connectivity index (χ2v) is 6.89. The molecule has 0 N–H and O–H groups in total. The van der Waals surface area contributed by atoms with E-state index in [1.165, 1.54) is 41.5 Å². The molecule has 9 heteroatoms. The molecule has 0 bridgehead atoms. The van der Waals surface area contributed by atoms with Crippen LogP contribution in [0.25, 0.3) is 0 Å². The second-order valence-electron chi connectivity index (χ2n) is 5.74. The van der Waals surface area contributed by atoms with E-state index in [2.05, 4.69) is 16.6 Å². The van der Waals surface area contributed by atoms with Crippen LogP contribution >= 0.6 is 22.5 Å². The van der Waals surface area contributed by atoms with E-state index in [9.17, 15) is 14.9 Å². The third kappa shape index (κ3) is 7.88. The highest BCUT2D eigenvalue weighted by molar-refractivity contribution is 8.68. The summed E-state index contributed by atoms with van der Waals surface area (Å²) in [7, 11) is 1.35. The van der Waals surface area contributed by atoms with E-state index in [-0.39, 0.29) is 17.5 Å². The summed E-state index contributed by atoms with van der Waals surface area (Å²) in [6.45, 7) is 0. The molecular weight excluding hydrogens is 388 g/mol. The Morgan fingerprint density at radius 3 is 2.37 bits per heavy atom. The maximum atomic E-state index is 11.5. The molecule has 0 saturated heterocycles. The molecule has 2 aromatic rings. The van der Waals surface area contributed by atoms with E-state index in [1.807, 2.05) is 18.2 Å². The highest BCUT2D eigenvalue weighted by Crippen LogP contribution is 2.22. The van der Waals surface area contributed by atoms with Gasteiger partial charge in [0.1, 0.15) is 16.9 Å². The summed E-state index contributed by atoms with van der Waals surface area (Å²) in [5.74, 6) is 0.242. The molecule has 3 rings (SSSR count). The van der Waals surface area contributed by atoms with E-state index >= 15 is 0 Å². The predicted molar refractivity (Wildman–Crippen MR) is 106 cm³/mol. The molecule has 27 heavy (non-hydrogen) atoms. The number of pyridine rings is 1. The number of rotatable bonds is 4. The van der Waals surface area contributed by atoms with Crippen molar-refractivity contribution in [1.29, 1.82) is 0 Å². The number of carbonyl (C=O) groups is 1. The molecule has 1 aromatic heterocycles. The Balaban J connectivity index is 0.000000273. The molecule has 1 fully saturated rings. The zero-order valence-corrected chi connectivity index (χ0v) is 16.2. The summed E-state index contributed by atoms with van der Waals surface area (Å²) in [6.07, 6.45) is 5.98. The maximum Gasteiger partial charge on any atom is 0.514 e. The van der Waals surface area contributed by atoms with Crippen LogP contribution in [0.4, 0.5) is 10.5 Å². The Morgan fingerprint density at radius 1 is 1.15 bits per heavy atom. The van der Waals surface area contributed by atoms with Crippen LogP contribution in [0.2, 0.25) is 0 Å². The number of thiol groups is 1. The van der Waals surface area contributed by atoms with E-state index in [0.717, 1.165) is 30.7 Å². The van der Waals surface area contributed by atoms with Gasteiger partial charge in [0.15, 0.2) is 0 Å². The SMILES string of the molecule is O=C(Oc1ccc([N+](=O)[O-])cc1)OC1CCCCC1.SSc1ccccn1. The first-order valence-electron chi connectivity index (χ1n) is 8.44. The third-order valence-electron chi connectivity index (χ3n) is 3.80. The Kier molecular flexibility index (Phi) is 8.93. The molecule has 0 radical (unpaired) electrons. The van der Waals surface area contributed by atoms with Gasteiger partial charge in [0.2, 0.25) is 0 Å². The lowest BCUT2D eigenvalue weighted by atomic mass is 9.98. The molecule has 1 saturated carbocycles. The van der Waals surface area contributed by atoms with Crippen LogP contribution in [0.3, 0.4) is 0 Å². The van der Waals surface area contributed by atoms with Crippen LogP contribution in [0, 0.1) is 10.1 Å². The van der Waals surface area contributed by atoms with Crippen molar-refractivity contribution in [2.45, 2.75) is 43.2 Å². The van der Waals surface area contributed by atoms with Crippen LogP contribution in [0.5, 0.6) is 5.75 Å². The van der Waals surface area contributed by atoms with Gasteiger partial charge in [-0.1, -0.05) is 12.5 Å². The fourth-order valence-electron chi connectivity index (χ4n) is 2.48. The summed E-state index contributed by atoms with van der Waals surface area (Å²) >= 11 is 3.96.